The van der Waals surface area contributed by atoms with Crippen molar-refractivity contribution in [2.75, 3.05) is 19.6 Å². The number of nitrogens with one attached hydrogen (secondary N) is 1. The molecule has 1 N–H and O–H groups in total. The quantitative estimate of drug-likeness (QED) is 0.839. The number of carbonyl (C=O) groups is 2. The minimum absolute atomic E-state index is 0.0466. The molecule has 0 saturated carbocycles. The molecule has 3 heterocycles. The van der Waals surface area contributed by atoms with E-state index in [0.29, 0.717) is 13.1 Å². The maximum absolute atomic E-state index is 12.6. The van der Waals surface area contributed by atoms with E-state index in [0.717, 1.165) is 12.3 Å². The van der Waals surface area contributed by atoms with Gasteiger partial charge in [-0.25, -0.2) is 0 Å². The van der Waals surface area contributed by atoms with Crippen LogP contribution in [0.15, 0.2) is 18.3 Å². The zero-order valence-electron chi connectivity index (χ0n) is 10.9. The van der Waals surface area contributed by atoms with E-state index in [-0.39, 0.29) is 29.9 Å². The smallest absolute Gasteiger partial charge is 0.355 e. The predicted octanol–water partition coefficient (Wildman–Crippen LogP) is 0.918. The Morgan fingerprint density at radius 2 is 2.14 bits per heavy atom. The fourth-order valence-electron chi connectivity index (χ4n) is 2.80. The van der Waals surface area contributed by atoms with Crippen molar-refractivity contribution in [1.29, 1.82) is 0 Å². The Balaban J connectivity index is 1.79. The van der Waals surface area contributed by atoms with Crippen molar-refractivity contribution < 1.29 is 22.8 Å². The number of aromatic nitrogens is 1. The molecule has 2 aliphatic rings. The summed E-state index contributed by atoms with van der Waals surface area (Å²) in [6.07, 6.45) is -3.61. The van der Waals surface area contributed by atoms with Gasteiger partial charge in [-0.15, -0.1) is 0 Å². The first-order valence-corrected chi connectivity index (χ1v) is 6.46. The normalized spacial score (nSPS) is 24.9. The second kappa shape index (κ2) is 4.71. The maximum atomic E-state index is 12.6. The molecular formula is C13H12F3N3O2. The van der Waals surface area contributed by atoms with Gasteiger partial charge in [0.05, 0.1) is 5.92 Å². The average molecular weight is 299 g/mol. The van der Waals surface area contributed by atoms with Crippen LogP contribution in [0.25, 0.3) is 0 Å². The van der Waals surface area contributed by atoms with Gasteiger partial charge in [-0.3, -0.25) is 14.6 Å². The van der Waals surface area contributed by atoms with Crippen molar-refractivity contribution in [2.45, 2.75) is 6.18 Å². The summed E-state index contributed by atoms with van der Waals surface area (Å²) in [4.78, 5) is 28.5. The number of rotatable bonds is 1. The Morgan fingerprint density at radius 3 is 2.81 bits per heavy atom. The molecule has 2 atom stereocenters. The minimum Gasteiger partial charge on any atom is -0.355 e. The molecule has 0 spiro atoms. The van der Waals surface area contributed by atoms with Gasteiger partial charge in [-0.2, -0.15) is 13.2 Å². The van der Waals surface area contributed by atoms with Crippen molar-refractivity contribution in [3.63, 3.8) is 0 Å². The summed E-state index contributed by atoms with van der Waals surface area (Å²) in [5, 5.41) is 2.71. The lowest BCUT2D eigenvalue weighted by atomic mass is 10.0. The molecule has 2 saturated heterocycles. The van der Waals surface area contributed by atoms with Gasteiger partial charge in [-0.05, 0) is 12.1 Å². The van der Waals surface area contributed by atoms with Gasteiger partial charge < -0.3 is 10.2 Å². The Bertz CT molecular complexity index is 603. The van der Waals surface area contributed by atoms with E-state index in [9.17, 15) is 22.8 Å². The Kier molecular flexibility index (Phi) is 3.11. The summed E-state index contributed by atoms with van der Waals surface area (Å²) in [5.74, 6) is -0.797. The van der Waals surface area contributed by atoms with E-state index in [4.69, 9.17) is 0 Å². The van der Waals surface area contributed by atoms with E-state index < -0.39 is 17.8 Å². The Labute approximate surface area is 118 Å². The van der Waals surface area contributed by atoms with Crippen LogP contribution in [0.5, 0.6) is 0 Å². The summed E-state index contributed by atoms with van der Waals surface area (Å²) in [5.41, 5.74) is -1.15. The first-order chi connectivity index (χ1) is 9.86. The number of hydrogen-bond donors (Lipinski definition) is 1. The van der Waals surface area contributed by atoms with Crippen LogP contribution in [0.4, 0.5) is 13.2 Å². The molecule has 0 radical (unpaired) electrons. The number of likely N-dealkylation sites (tertiary alicyclic amines) is 1. The molecule has 2 aliphatic heterocycles. The first-order valence-electron chi connectivity index (χ1n) is 6.46. The summed E-state index contributed by atoms with van der Waals surface area (Å²) < 4.78 is 37.8. The van der Waals surface area contributed by atoms with E-state index in [1.807, 2.05) is 0 Å². The minimum atomic E-state index is -4.59. The molecule has 0 unspecified atom stereocenters. The Morgan fingerprint density at radius 1 is 1.38 bits per heavy atom. The molecule has 2 fully saturated rings. The van der Waals surface area contributed by atoms with Crippen LogP contribution in [0, 0.1) is 11.8 Å². The highest BCUT2D eigenvalue weighted by Crippen LogP contribution is 2.30. The van der Waals surface area contributed by atoms with Gasteiger partial charge in [0.15, 0.2) is 0 Å². The van der Waals surface area contributed by atoms with Crippen LogP contribution < -0.4 is 5.32 Å². The molecule has 5 nitrogen and oxygen atoms in total. The van der Waals surface area contributed by atoms with E-state index >= 15 is 0 Å². The molecule has 2 amide bonds. The fraction of sp³-hybridized carbons (Fsp3) is 0.462. The molecule has 0 aliphatic carbocycles. The zero-order valence-corrected chi connectivity index (χ0v) is 10.9. The number of halogens is 3. The van der Waals surface area contributed by atoms with Crippen molar-refractivity contribution in [3.8, 4) is 0 Å². The zero-order chi connectivity index (χ0) is 15.2. The van der Waals surface area contributed by atoms with Crippen LogP contribution in [0.1, 0.15) is 16.1 Å². The number of nitrogens with zero attached hydrogens (tertiary/aromatic N) is 2. The first kappa shape index (κ1) is 13.8. The molecule has 1 aromatic rings. The number of amides is 2. The molecule has 3 rings (SSSR count). The van der Waals surface area contributed by atoms with Crippen LogP contribution in [0.2, 0.25) is 0 Å². The third kappa shape index (κ3) is 2.45. The lowest BCUT2D eigenvalue weighted by Crippen LogP contribution is -2.33. The molecule has 21 heavy (non-hydrogen) atoms. The highest BCUT2D eigenvalue weighted by molar-refractivity contribution is 5.95. The van der Waals surface area contributed by atoms with Gasteiger partial charge in [0.1, 0.15) is 5.69 Å². The van der Waals surface area contributed by atoms with Crippen molar-refractivity contribution in [2.24, 2.45) is 11.8 Å². The van der Waals surface area contributed by atoms with Gasteiger partial charge >= 0.3 is 6.18 Å². The Hall–Kier alpha value is -2.12. The summed E-state index contributed by atoms with van der Waals surface area (Å²) >= 11 is 0. The van der Waals surface area contributed by atoms with E-state index in [1.54, 1.807) is 0 Å². The number of fused-ring (bicyclic) bond motifs is 1. The van der Waals surface area contributed by atoms with Gasteiger partial charge in [-0.1, -0.05) is 0 Å². The molecular weight excluding hydrogens is 287 g/mol. The second-order valence-corrected chi connectivity index (χ2v) is 5.25. The van der Waals surface area contributed by atoms with Crippen molar-refractivity contribution in [3.05, 3.63) is 29.6 Å². The molecule has 1 aromatic heterocycles. The van der Waals surface area contributed by atoms with Crippen LogP contribution in [-0.4, -0.2) is 41.3 Å². The molecule has 8 heteroatoms. The largest absolute Gasteiger partial charge is 0.433 e. The average Bonchev–Trinajstić information content (AvgIpc) is 3.00. The number of carbonyl (C=O) groups excluding carboxylic acids is 2. The lowest BCUT2D eigenvalue weighted by Gasteiger charge is -2.17. The second-order valence-electron chi connectivity index (χ2n) is 5.25. The van der Waals surface area contributed by atoms with Crippen molar-refractivity contribution in [1.82, 2.24) is 15.2 Å². The monoisotopic (exact) mass is 299 g/mol. The third-order valence-electron chi connectivity index (χ3n) is 3.90. The summed E-state index contributed by atoms with van der Waals surface area (Å²) in [6, 6.07) is 2.00. The van der Waals surface area contributed by atoms with Gasteiger partial charge in [0.25, 0.3) is 5.91 Å². The van der Waals surface area contributed by atoms with Crippen molar-refractivity contribution >= 4 is 11.8 Å². The maximum Gasteiger partial charge on any atom is 0.433 e. The lowest BCUT2D eigenvalue weighted by molar-refractivity contribution is -0.141. The van der Waals surface area contributed by atoms with E-state index in [1.165, 1.54) is 11.0 Å². The highest BCUT2D eigenvalue weighted by Gasteiger charge is 2.44. The number of pyridine rings is 1. The molecule has 0 bridgehead atoms. The molecule has 0 aromatic carbocycles. The van der Waals surface area contributed by atoms with E-state index in [2.05, 4.69) is 10.3 Å². The summed E-state index contributed by atoms with van der Waals surface area (Å²) in [7, 11) is 0. The number of alkyl halides is 3. The fourth-order valence-corrected chi connectivity index (χ4v) is 2.80. The SMILES string of the molecule is O=C1NC[C@@H]2CN(C(=O)c3ccnc(C(F)(F)F)c3)C[C@H]12. The predicted molar refractivity (Wildman–Crippen MR) is 65.1 cm³/mol. The summed E-state index contributed by atoms with van der Waals surface area (Å²) in [6.45, 7) is 1.14. The van der Waals surface area contributed by atoms with Crippen LogP contribution >= 0.6 is 0 Å². The topological polar surface area (TPSA) is 62.3 Å². The van der Waals surface area contributed by atoms with Crippen LogP contribution in [0.3, 0.4) is 0 Å². The highest BCUT2D eigenvalue weighted by atomic mass is 19.4. The van der Waals surface area contributed by atoms with Gasteiger partial charge in [0.2, 0.25) is 5.91 Å². The standard InChI is InChI=1S/C13H12F3N3O2/c14-13(15,16)10-3-7(1-2-17-10)12(21)19-5-8-4-18-11(20)9(8)6-19/h1-3,8-9H,4-6H2,(H,18,20)/t8-,9+/m1/s1. The third-order valence-corrected chi connectivity index (χ3v) is 3.90. The molecule has 112 valence electrons. The number of hydrogen-bond acceptors (Lipinski definition) is 3. The van der Waals surface area contributed by atoms with Crippen LogP contribution in [-0.2, 0) is 11.0 Å². The van der Waals surface area contributed by atoms with Gasteiger partial charge in [0, 0.05) is 37.3 Å².